The first-order valence-corrected chi connectivity index (χ1v) is 8.07. The molecule has 0 unspecified atom stereocenters. The monoisotopic (exact) mass is 305 g/mol. The van der Waals surface area contributed by atoms with Crippen molar-refractivity contribution in [1.82, 2.24) is 10.3 Å². The number of nitrogens with two attached hydrogens (primary N) is 1. The lowest BCUT2D eigenvalue weighted by Crippen LogP contribution is -2.52. The number of amides is 1. The van der Waals surface area contributed by atoms with Crippen molar-refractivity contribution in [1.29, 1.82) is 0 Å². The summed E-state index contributed by atoms with van der Waals surface area (Å²) in [6, 6.07) is 1.87. The molecule has 0 aromatic carbocycles. The van der Waals surface area contributed by atoms with Crippen molar-refractivity contribution in [2.45, 2.75) is 37.6 Å². The molecule has 0 bridgehead atoms. The van der Waals surface area contributed by atoms with Gasteiger partial charge >= 0.3 is 0 Å². The third-order valence-electron chi connectivity index (χ3n) is 4.02. The third kappa shape index (κ3) is 3.16. The fourth-order valence-electron chi connectivity index (χ4n) is 2.84. The molecule has 0 radical (unpaired) electrons. The van der Waals surface area contributed by atoms with Crippen LogP contribution in [0.3, 0.4) is 0 Å². The number of hydrogen-bond donors (Lipinski definition) is 2. The molecule has 3 N–H and O–H groups in total. The van der Waals surface area contributed by atoms with Gasteiger partial charge in [0.25, 0.3) is 0 Å². The molecule has 1 aliphatic rings. The summed E-state index contributed by atoms with van der Waals surface area (Å²) in [4.78, 5) is 16.7. The van der Waals surface area contributed by atoms with Crippen molar-refractivity contribution in [2.75, 3.05) is 6.54 Å². The second kappa shape index (κ2) is 5.99. The Labute approximate surface area is 127 Å². The minimum absolute atomic E-state index is 0.00592. The molecule has 5 nitrogen and oxygen atoms in total. The van der Waals surface area contributed by atoms with E-state index >= 15 is 0 Å². The minimum atomic E-state index is -0.194. The van der Waals surface area contributed by atoms with E-state index in [1.165, 1.54) is 11.3 Å². The molecular formula is C15H19N3O2S. The summed E-state index contributed by atoms with van der Waals surface area (Å²) in [5, 5.41) is 5.91. The van der Waals surface area contributed by atoms with Crippen molar-refractivity contribution in [3.05, 3.63) is 29.7 Å². The maximum absolute atomic E-state index is 12.2. The first-order valence-electron chi connectivity index (χ1n) is 7.19. The third-order valence-corrected chi connectivity index (χ3v) is 4.96. The second-order valence-corrected chi connectivity index (χ2v) is 6.43. The van der Waals surface area contributed by atoms with E-state index in [0.717, 1.165) is 41.9 Å². The van der Waals surface area contributed by atoms with Crippen LogP contribution in [0.1, 0.15) is 31.4 Å². The SMILES string of the molecule is NCC1(NC(=O)Cc2csc(-c3ccoc3)n2)CCCC1. The van der Waals surface area contributed by atoms with Crippen LogP contribution in [0.4, 0.5) is 0 Å². The summed E-state index contributed by atoms with van der Waals surface area (Å²) in [7, 11) is 0. The Balaban J connectivity index is 1.62. The van der Waals surface area contributed by atoms with Gasteiger partial charge in [0.1, 0.15) is 11.3 Å². The lowest BCUT2D eigenvalue weighted by Gasteiger charge is -2.28. The average molecular weight is 305 g/mol. The predicted molar refractivity (Wildman–Crippen MR) is 81.9 cm³/mol. The number of carbonyl (C=O) groups excluding carboxylic acids is 1. The van der Waals surface area contributed by atoms with E-state index in [1.54, 1.807) is 12.5 Å². The van der Waals surface area contributed by atoms with Gasteiger partial charge in [-0.3, -0.25) is 4.79 Å². The summed E-state index contributed by atoms with van der Waals surface area (Å²) in [5.41, 5.74) is 7.38. The zero-order valence-corrected chi connectivity index (χ0v) is 12.6. The lowest BCUT2D eigenvalue weighted by atomic mass is 9.97. The highest BCUT2D eigenvalue weighted by Crippen LogP contribution is 2.29. The van der Waals surface area contributed by atoms with Gasteiger partial charge < -0.3 is 15.5 Å². The van der Waals surface area contributed by atoms with Crippen LogP contribution in [0.2, 0.25) is 0 Å². The van der Waals surface area contributed by atoms with E-state index in [1.807, 2.05) is 11.4 Å². The number of nitrogens with one attached hydrogen (secondary N) is 1. The van der Waals surface area contributed by atoms with E-state index in [0.29, 0.717) is 13.0 Å². The van der Waals surface area contributed by atoms with Crippen LogP contribution in [0.5, 0.6) is 0 Å². The zero-order chi connectivity index (χ0) is 14.7. The first-order chi connectivity index (χ1) is 10.2. The molecule has 2 aromatic rings. The zero-order valence-electron chi connectivity index (χ0n) is 11.8. The molecule has 21 heavy (non-hydrogen) atoms. The summed E-state index contributed by atoms with van der Waals surface area (Å²) in [5.74, 6) is 0.00592. The number of rotatable bonds is 5. The number of carbonyl (C=O) groups is 1. The Kier molecular flexibility index (Phi) is 4.07. The van der Waals surface area contributed by atoms with Gasteiger partial charge in [0, 0.05) is 17.5 Å². The summed E-state index contributed by atoms with van der Waals surface area (Å²) < 4.78 is 5.05. The topological polar surface area (TPSA) is 81.1 Å². The van der Waals surface area contributed by atoms with Gasteiger partial charge in [-0.2, -0.15) is 0 Å². The van der Waals surface area contributed by atoms with Gasteiger partial charge in [0.2, 0.25) is 5.91 Å². The molecule has 1 saturated carbocycles. The van der Waals surface area contributed by atoms with Crippen molar-refractivity contribution < 1.29 is 9.21 Å². The average Bonchev–Trinajstić information content (AvgIpc) is 3.19. The Morgan fingerprint density at radius 3 is 2.95 bits per heavy atom. The molecule has 0 atom stereocenters. The molecule has 0 spiro atoms. The highest BCUT2D eigenvalue weighted by molar-refractivity contribution is 7.13. The normalized spacial score (nSPS) is 17.0. The Hall–Kier alpha value is -1.66. The molecule has 0 aliphatic heterocycles. The summed E-state index contributed by atoms with van der Waals surface area (Å²) in [6.45, 7) is 0.510. The maximum atomic E-state index is 12.2. The Bertz CT molecular complexity index is 600. The molecule has 1 amide bonds. The van der Waals surface area contributed by atoms with E-state index in [2.05, 4.69) is 10.3 Å². The largest absolute Gasteiger partial charge is 0.472 e. The van der Waals surface area contributed by atoms with E-state index < -0.39 is 0 Å². The maximum Gasteiger partial charge on any atom is 0.226 e. The molecule has 2 heterocycles. The summed E-state index contributed by atoms with van der Waals surface area (Å²) in [6.07, 6.45) is 7.81. The summed E-state index contributed by atoms with van der Waals surface area (Å²) >= 11 is 1.52. The number of thiazole rings is 1. The number of aromatic nitrogens is 1. The van der Waals surface area contributed by atoms with Gasteiger partial charge in [-0.1, -0.05) is 12.8 Å². The lowest BCUT2D eigenvalue weighted by molar-refractivity contribution is -0.122. The quantitative estimate of drug-likeness (QED) is 0.888. The van der Waals surface area contributed by atoms with Crippen LogP contribution in [0, 0.1) is 0 Å². The van der Waals surface area contributed by atoms with Crippen LogP contribution in [-0.4, -0.2) is 23.0 Å². The van der Waals surface area contributed by atoms with Crippen LogP contribution in [-0.2, 0) is 11.2 Å². The molecule has 6 heteroatoms. The molecule has 1 fully saturated rings. The number of nitrogens with zero attached hydrogens (tertiary/aromatic N) is 1. The number of hydrogen-bond acceptors (Lipinski definition) is 5. The van der Waals surface area contributed by atoms with Crippen molar-refractivity contribution >= 4 is 17.2 Å². The van der Waals surface area contributed by atoms with E-state index in [4.69, 9.17) is 10.2 Å². The van der Waals surface area contributed by atoms with Crippen LogP contribution in [0.25, 0.3) is 10.6 Å². The fourth-order valence-corrected chi connectivity index (χ4v) is 3.65. The standard InChI is InChI=1S/C15H19N3O2S/c16-10-15(4-1-2-5-15)18-13(19)7-12-9-21-14(17-12)11-3-6-20-8-11/h3,6,8-9H,1-2,4-5,7,10,16H2,(H,18,19). The Morgan fingerprint density at radius 2 is 2.29 bits per heavy atom. The fraction of sp³-hybridized carbons (Fsp3) is 0.467. The van der Waals surface area contributed by atoms with Gasteiger partial charge in [-0.25, -0.2) is 4.98 Å². The van der Waals surface area contributed by atoms with Crippen molar-refractivity contribution in [3.63, 3.8) is 0 Å². The van der Waals surface area contributed by atoms with Gasteiger partial charge in [0.15, 0.2) is 0 Å². The number of furan rings is 1. The van der Waals surface area contributed by atoms with Crippen molar-refractivity contribution in [3.8, 4) is 10.6 Å². The van der Waals surface area contributed by atoms with Gasteiger partial charge in [0.05, 0.1) is 23.9 Å². The van der Waals surface area contributed by atoms with E-state index in [-0.39, 0.29) is 11.4 Å². The van der Waals surface area contributed by atoms with Crippen LogP contribution < -0.4 is 11.1 Å². The van der Waals surface area contributed by atoms with Gasteiger partial charge in [-0.05, 0) is 18.9 Å². The second-order valence-electron chi connectivity index (χ2n) is 5.57. The van der Waals surface area contributed by atoms with E-state index in [9.17, 15) is 4.79 Å². The molecule has 112 valence electrons. The molecule has 0 saturated heterocycles. The first kappa shape index (κ1) is 14.3. The molecule has 3 rings (SSSR count). The highest BCUT2D eigenvalue weighted by atomic mass is 32.1. The smallest absolute Gasteiger partial charge is 0.226 e. The Morgan fingerprint density at radius 1 is 1.48 bits per heavy atom. The highest BCUT2D eigenvalue weighted by Gasteiger charge is 2.33. The minimum Gasteiger partial charge on any atom is -0.472 e. The van der Waals surface area contributed by atoms with Gasteiger partial charge in [-0.15, -0.1) is 11.3 Å². The van der Waals surface area contributed by atoms with Crippen LogP contribution >= 0.6 is 11.3 Å². The molecule has 1 aliphatic carbocycles. The molecular weight excluding hydrogens is 286 g/mol. The molecule has 2 aromatic heterocycles. The van der Waals surface area contributed by atoms with Crippen molar-refractivity contribution in [2.24, 2.45) is 5.73 Å². The predicted octanol–water partition coefficient (Wildman–Crippen LogP) is 2.33. The van der Waals surface area contributed by atoms with Crippen LogP contribution in [0.15, 0.2) is 28.4 Å².